The Morgan fingerprint density at radius 1 is 1.07 bits per heavy atom. The highest BCUT2D eigenvalue weighted by molar-refractivity contribution is 7.99. The molecule has 1 amide bonds. The first-order valence-corrected chi connectivity index (χ1v) is 9.83. The second kappa shape index (κ2) is 8.39. The summed E-state index contributed by atoms with van der Waals surface area (Å²) in [5.41, 5.74) is 4.60. The van der Waals surface area contributed by atoms with Crippen molar-refractivity contribution in [2.45, 2.75) is 25.4 Å². The van der Waals surface area contributed by atoms with E-state index in [9.17, 15) is 4.79 Å². The van der Waals surface area contributed by atoms with Gasteiger partial charge >= 0.3 is 0 Å². The van der Waals surface area contributed by atoms with E-state index in [0.29, 0.717) is 12.2 Å². The summed E-state index contributed by atoms with van der Waals surface area (Å²) in [5.74, 6) is 1.26. The van der Waals surface area contributed by atoms with E-state index in [1.807, 2.05) is 18.2 Å². The molecule has 0 N–H and O–H groups in total. The van der Waals surface area contributed by atoms with Crippen molar-refractivity contribution in [1.82, 2.24) is 19.7 Å². The first-order chi connectivity index (χ1) is 13.0. The van der Waals surface area contributed by atoms with E-state index in [1.54, 1.807) is 19.0 Å². The van der Waals surface area contributed by atoms with Crippen LogP contribution in [0.2, 0.25) is 0 Å². The second-order valence-corrected chi connectivity index (χ2v) is 7.71. The molecule has 140 valence electrons. The Labute approximate surface area is 164 Å². The number of aromatic nitrogens is 3. The monoisotopic (exact) mass is 380 g/mol. The van der Waals surface area contributed by atoms with Gasteiger partial charge in [-0.3, -0.25) is 9.36 Å². The highest BCUT2D eigenvalue weighted by atomic mass is 32.2. The molecule has 2 aromatic carbocycles. The summed E-state index contributed by atoms with van der Waals surface area (Å²) in [6.07, 6.45) is 0.684. The van der Waals surface area contributed by atoms with Crippen LogP contribution < -0.4 is 0 Å². The van der Waals surface area contributed by atoms with Gasteiger partial charge in [0.25, 0.3) is 0 Å². The zero-order valence-electron chi connectivity index (χ0n) is 16.1. The van der Waals surface area contributed by atoms with Crippen LogP contribution in [0.1, 0.15) is 22.5 Å². The van der Waals surface area contributed by atoms with E-state index in [1.165, 1.54) is 22.9 Å². The Balaban J connectivity index is 1.99. The molecule has 0 radical (unpaired) electrons. The average Bonchev–Trinajstić information content (AvgIpc) is 3.03. The van der Waals surface area contributed by atoms with Crippen molar-refractivity contribution in [3.8, 4) is 5.69 Å². The third-order valence-corrected chi connectivity index (χ3v) is 5.24. The lowest BCUT2D eigenvalue weighted by Gasteiger charge is -2.14. The molecule has 1 heterocycles. The molecular weight excluding hydrogens is 356 g/mol. The van der Waals surface area contributed by atoms with Gasteiger partial charge in [0.2, 0.25) is 5.91 Å². The topological polar surface area (TPSA) is 51.0 Å². The fraction of sp³-hybridized carbons (Fsp3) is 0.286. The standard InChI is InChI=1S/C21H24N4OS/c1-15-10-11-18(16(2)12-15)25-19(13-17-8-6-5-7-9-17)22-23-21(25)27-14-20(26)24(3)4/h5-12H,13-14H2,1-4H3. The molecule has 0 fully saturated rings. The molecule has 0 bridgehead atoms. The van der Waals surface area contributed by atoms with Gasteiger partial charge in [0.1, 0.15) is 5.82 Å². The maximum Gasteiger partial charge on any atom is 0.232 e. The maximum atomic E-state index is 12.0. The van der Waals surface area contributed by atoms with Gasteiger partial charge in [0, 0.05) is 20.5 Å². The van der Waals surface area contributed by atoms with Gasteiger partial charge in [0.15, 0.2) is 5.16 Å². The molecule has 0 saturated heterocycles. The molecule has 1 aromatic heterocycles. The highest BCUT2D eigenvalue weighted by Gasteiger charge is 2.18. The number of nitrogens with zero attached hydrogens (tertiary/aromatic N) is 4. The molecule has 0 saturated carbocycles. The van der Waals surface area contributed by atoms with Gasteiger partial charge in [-0.1, -0.05) is 59.8 Å². The summed E-state index contributed by atoms with van der Waals surface area (Å²) < 4.78 is 2.08. The number of rotatable bonds is 6. The smallest absolute Gasteiger partial charge is 0.232 e. The largest absolute Gasteiger partial charge is 0.348 e. The maximum absolute atomic E-state index is 12.0. The summed E-state index contributed by atoms with van der Waals surface area (Å²) in [4.78, 5) is 13.6. The Morgan fingerprint density at radius 3 is 2.48 bits per heavy atom. The van der Waals surface area contributed by atoms with Crippen LogP contribution >= 0.6 is 11.8 Å². The number of hydrogen-bond acceptors (Lipinski definition) is 4. The first kappa shape index (κ1) is 19.2. The SMILES string of the molecule is Cc1ccc(-n2c(Cc3ccccc3)nnc2SCC(=O)N(C)C)c(C)c1. The normalized spacial score (nSPS) is 10.8. The summed E-state index contributed by atoms with van der Waals surface area (Å²) in [5, 5.41) is 9.57. The van der Waals surface area contributed by atoms with Gasteiger partial charge in [0.05, 0.1) is 11.4 Å². The fourth-order valence-electron chi connectivity index (χ4n) is 2.84. The van der Waals surface area contributed by atoms with E-state index in [4.69, 9.17) is 0 Å². The highest BCUT2D eigenvalue weighted by Crippen LogP contribution is 2.26. The lowest BCUT2D eigenvalue weighted by Crippen LogP contribution is -2.23. The van der Waals surface area contributed by atoms with Crippen molar-refractivity contribution in [3.05, 3.63) is 71.0 Å². The van der Waals surface area contributed by atoms with Crippen molar-refractivity contribution in [2.75, 3.05) is 19.8 Å². The Bertz CT molecular complexity index is 935. The zero-order chi connectivity index (χ0) is 19.4. The van der Waals surface area contributed by atoms with E-state index >= 15 is 0 Å². The number of carbonyl (C=O) groups excluding carboxylic acids is 1. The van der Waals surface area contributed by atoms with Crippen molar-refractivity contribution in [1.29, 1.82) is 0 Å². The van der Waals surface area contributed by atoms with Crippen molar-refractivity contribution in [2.24, 2.45) is 0 Å². The van der Waals surface area contributed by atoms with Crippen LogP contribution in [0.25, 0.3) is 5.69 Å². The Morgan fingerprint density at radius 2 is 1.81 bits per heavy atom. The minimum atomic E-state index is 0.0554. The third kappa shape index (κ3) is 4.57. The van der Waals surface area contributed by atoms with Crippen LogP contribution in [0, 0.1) is 13.8 Å². The van der Waals surface area contributed by atoms with E-state index in [0.717, 1.165) is 22.2 Å². The van der Waals surface area contributed by atoms with Gasteiger partial charge < -0.3 is 4.90 Å². The second-order valence-electron chi connectivity index (χ2n) is 6.76. The van der Waals surface area contributed by atoms with Crippen LogP contribution in [0.5, 0.6) is 0 Å². The molecule has 3 rings (SSSR count). The van der Waals surface area contributed by atoms with Crippen LogP contribution in [-0.4, -0.2) is 45.4 Å². The number of thioether (sulfide) groups is 1. The predicted molar refractivity (Wildman–Crippen MR) is 109 cm³/mol. The molecule has 0 spiro atoms. The number of aryl methyl sites for hydroxylation is 2. The number of carbonyl (C=O) groups is 1. The lowest BCUT2D eigenvalue weighted by molar-refractivity contribution is -0.125. The average molecular weight is 381 g/mol. The van der Waals surface area contributed by atoms with Crippen LogP contribution in [0.3, 0.4) is 0 Å². The first-order valence-electron chi connectivity index (χ1n) is 8.84. The van der Waals surface area contributed by atoms with Gasteiger partial charge in [-0.05, 0) is 31.0 Å². The van der Waals surface area contributed by atoms with E-state index in [2.05, 4.69) is 58.9 Å². The minimum Gasteiger partial charge on any atom is -0.348 e. The van der Waals surface area contributed by atoms with E-state index in [-0.39, 0.29) is 5.91 Å². The Hall–Kier alpha value is -2.60. The molecule has 5 nitrogen and oxygen atoms in total. The van der Waals surface area contributed by atoms with Crippen molar-refractivity contribution >= 4 is 17.7 Å². The third-order valence-electron chi connectivity index (χ3n) is 4.32. The van der Waals surface area contributed by atoms with Crippen molar-refractivity contribution in [3.63, 3.8) is 0 Å². The number of benzene rings is 2. The van der Waals surface area contributed by atoms with Gasteiger partial charge in [-0.15, -0.1) is 10.2 Å². The van der Waals surface area contributed by atoms with Crippen LogP contribution in [-0.2, 0) is 11.2 Å². The Kier molecular flexibility index (Phi) is 5.96. The van der Waals surface area contributed by atoms with E-state index < -0.39 is 0 Å². The molecule has 0 atom stereocenters. The molecule has 3 aromatic rings. The fourth-order valence-corrected chi connectivity index (χ4v) is 3.78. The zero-order valence-corrected chi connectivity index (χ0v) is 17.0. The van der Waals surface area contributed by atoms with Gasteiger partial charge in [-0.25, -0.2) is 0 Å². The molecule has 0 aliphatic rings. The van der Waals surface area contributed by atoms with Crippen molar-refractivity contribution < 1.29 is 4.79 Å². The number of hydrogen-bond donors (Lipinski definition) is 0. The summed E-state index contributed by atoms with van der Waals surface area (Å²) >= 11 is 1.42. The quantitative estimate of drug-likeness (QED) is 0.613. The lowest BCUT2D eigenvalue weighted by atomic mass is 10.1. The minimum absolute atomic E-state index is 0.0554. The molecule has 27 heavy (non-hydrogen) atoms. The summed E-state index contributed by atoms with van der Waals surface area (Å²) in [6, 6.07) is 16.6. The molecule has 0 aliphatic heterocycles. The van der Waals surface area contributed by atoms with Gasteiger partial charge in [-0.2, -0.15) is 0 Å². The van der Waals surface area contributed by atoms with Crippen LogP contribution in [0.15, 0.2) is 53.7 Å². The van der Waals surface area contributed by atoms with Crippen LogP contribution in [0.4, 0.5) is 0 Å². The molecule has 0 aliphatic carbocycles. The summed E-state index contributed by atoms with van der Waals surface area (Å²) in [7, 11) is 3.52. The predicted octanol–water partition coefficient (Wildman–Crippen LogP) is 3.66. The molecule has 6 heteroatoms. The molecule has 0 unspecified atom stereocenters. The molecular formula is C21H24N4OS. The number of amides is 1. The summed E-state index contributed by atoms with van der Waals surface area (Å²) in [6.45, 7) is 4.17.